The first-order valence-electron chi connectivity index (χ1n) is 7.04. The summed E-state index contributed by atoms with van der Waals surface area (Å²) in [6.07, 6.45) is 10.8. The van der Waals surface area contributed by atoms with Crippen molar-refractivity contribution in [2.24, 2.45) is 5.92 Å². The molecule has 0 radical (unpaired) electrons. The van der Waals surface area contributed by atoms with Crippen molar-refractivity contribution >= 4 is 0 Å². The summed E-state index contributed by atoms with van der Waals surface area (Å²) in [6.45, 7) is 6.51. The molecular weight excluding hydrogens is 210 g/mol. The van der Waals surface area contributed by atoms with E-state index in [4.69, 9.17) is 0 Å². The Bertz CT molecular complexity index is 326. The fourth-order valence-corrected chi connectivity index (χ4v) is 2.83. The van der Waals surface area contributed by atoms with E-state index >= 15 is 0 Å². The Hall–Kier alpha value is -0.830. The second-order valence-corrected chi connectivity index (χ2v) is 5.25. The average molecular weight is 235 g/mol. The standard InChI is InChI=1S/C14H25N3/c1-3-9-17-10-8-15-14(17)11-16-12(2)13-6-4-5-7-13/h8,10,12-13,16H,3-7,9,11H2,1-2H3. The van der Waals surface area contributed by atoms with Gasteiger partial charge < -0.3 is 9.88 Å². The minimum atomic E-state index is 0.629. The number of hydrogen-bond donors (Lipinski definition) is 1. The number of hydrogen-bond acceptors (Lipinski definition) is 2. The Balaban J connectivity index is 1.81. The van der Waals surface area contributed by atoms with Crippen LogP contribution in [0.1, 0.15) is 51.8 Å². The fourth-order valence-electron chi connectivity index (χ4n) is 2.83. The number of rotatable bonds is 6. The maximum absolute atomic E-state index is 4.43. The molecule has 0 spiro atoms. The third-order valence-corrected chi connectivity index (χ3v) is 3.96. The van der Waals surface area contributed by atoms with Crippen LogP contribution >= 0.6 is 0 Å². The molecule has 0 saturated heterocycles. The fraction of sp³-hybridized carbons (Fsp3) is 0.786. The highest BCUT2D eigenvalue weighted by molar-refractivity contribution is 4.92. The summed E-state index contributed by atoms with van der Waals surface area (Å²) in [5, 5.41) is 3.64. The molecule has 2 rings (SSSR count). The molecule has 1 heterocycles. The van der Waals surface area contributed by atoms with Crippen molar-refractivity contribution in [1.29, 1.82) is 0 Å². The topological polar surface area (TPSA) is 29.9 Å². The van der Waals surface area contributed by atoms with Gasteiger partial charge in [0.05, 0.1) is 6.54 Å². The molecule has 1 aliphatic rings. The van der Waals surface area contributed by atoms with E-state index in [1.54, 1.807) is 0 Å². The van der Waals surface area contributed by atoms with Crippen molar-refractivity contribution in [3.05, 3.63) is 18.2 Å². The van der Waals surface area contributed by atoms with E-state index in [2.05, 4.69) is 34.9 Å². The molecule has 1 unspecified atom stereocenters. The predicted molar refractivity (Wildman–Crippen MR) is 70.8 cm³/mol. The molecule has 1 fully saturated rings. The van der Waals surface area contributed by atoms with Crippen LogP contribution in [0.3, 0.4) is 0 Å². The van der Waals surface area contributed by atoms with Crippen molar-refractivity contribution in [2.75, 3.05) is 0 Å². The van der Waals surface area contributed by atoms with Gasteiger partial charge >= 0.3 is 0 Å². The largest absolute Gasteiger partial charge is 0.334 e. The lowest BCUT2D eigenvalue weighted by Gasteiger charge is -2.20. The Morgan fingerprint density at radius 2 is 2.24 bits per heavy atom. The predicted octanol–water partition coefficient (Wildman–Crippen LogP) is 2.96. The molecule has 3 nitrogen and oxygen atoms in total. The highest BCUT2D eigenvalue weighted by atomic mass is 15.1. The maximum atomic E-state index is 4.43. The van der Waals surface area contributed by atoms with Crippen LogP contribution in [0.4, 0.5) is 0 Å². The Kier molecular flexibility index (Phi) is 4.60. The van der Waals surface area contributed by atoms with Gasteiger partial charge in [-0.3, -0.25) is 0 Å². The lowest BCUT2D eigenvalue weighted by molar-refractivity contribution is 0.374. The first-order valence-corrected chi connectivity index (χ1v) is 7.04. The minimum Gasteiger partial charge on any atom is -0.334 e. The molecule has 96 valence electrons. The monoisotopic (exact) mass is 235 g/mol. The summed E-state index contributed by atoms with van der Waals surface area (Å²) in [7, 11) is 0. The highest BCUT2D eigenvalue weighted by Crippen LogP contribution is 2.27. The van der Waals surface area contributed by atoms with Crippen molar-refractivity contribution in [2.45, 2.75) is 65.1 Å². The molecule has 0 bridgehead atoms. The molecule has 1 aliphatic carbocycles. The number of nitrogens with one attached hydrogen (secondary N) is 1. The SMILES string of the molecule is CCCn1ccnc1CNC(C)C1CCCC1. The van der Waals surface area contributed by atoms with Crippen molar-refractivity contribution < 1.29 is 0 Å². The summed E-state index contributed by atoms with van der Waals surface area (Å²) >= 11 is 0. The van der Waals surface area contributed by atoms with Gasteiger partial charge in [0.1, 0.15) is 5.82 Å². The molecule has 17 heavy (non-hydrogen) atoms. The normalized spacial score (nSPS) is 18.7. The zero-order valence-corrected chi connectivity index (χ0v) is 11.2. The van der Waals surface area contributed by atoms with Crippen LogP contribution in [0, 0.1) is 5.92 Å². The molecule has 0 aliphatic heterocycles. The summed E-state index contributed by atoms with van der Waals surface area (Å²) < 4.78 is 2.26. The third-order valence-electron chi connectivity index (χ3n) is 3.96. The lowest BCUT2D eigenvalue weighted by atomic mass is 10.00. The van der Waals surface area contributed by atoms with Gasteiger partial charge in [-0.2, -0.15) is 0 Å². The smallest absolute Gasteiger partial charge is 0.122 e. The molecule has 1 saturated carbocycles. The van der Waals surface area contributed by atoms with Gasteiger partial charge in [0.25, 0.3) is 0 Å². The van der Waals surface area contributed by atoms with Crippen LogP contribution in [0.25, 0.3) is 0 Å². The van der Waals surface area contributed by atoms with Crippen molar-refractivity contribution in [3.63, 3.8) is 0 Å². The number of imidazole rings is 1. The number of nitrogens with zero attached hydrogens (tertiary/aromatic N) is 2. The third kappa shape index (κ3) is 3.32. The van der Waals surface area contributed by atoms with Gasteiger partial charge in [0.2, 0.25) is 0 Å². The van der Waals surface area contributed by atoms with Crippen LogP contribution in [0.15, 0.2) is 12.4 Å². The molecule has 1 aromatic heterocycles. The first kappa shape index (κ1) is 12.6. The zero-order chi connectivity index (χ0) is 12.1. The zero-order valence-electron chi connectivity index (χ0n) is 11.2. The molecule has 3 heteroatoms. The van der Waals surface area contributed by atoms with Crippen LogP contribution in [-0.2, 0) is 13.1 Å². The average Bonchev–Trinajstić information content (AvgIpc) is 2.97. The van der Waals surface area contributed by atoms with Gasteiger partial charge in [-0.1, -0.05) is 19.8 Å². The van der Waals surface area contributed by atoms with Crippen LogP contribution in [0.5, 0.6) is 0 Å². The second-order valence-electron chi connectivity index (χ2n) is 5.25. The van der Waals surface area contributed by atoms with Gasteiger partial charge in [-0.05, 0) is 32.1 Å². The summed E-state index contributed by atoms with van der Waals surface area (Å²) in [5.74, 6) is 2.06. The molecule has 1 N–H and O–H groups in total. The van der Waals surface area contributed by atoms with Crippen LogP contribution in [0.2, 0.25) is 0 Å². The van der Waals surface area contributed by atoms with E-state index < -0.39 is 0 Å². The molecule has 0 aromatic carbocycles. The lowest BCUT2D eigenvalue weighted by Crippen LogP contribution is -2.32. The molecule has 1 aromatic rings. The highest BCUT2D eigenvalue weighted by Gasteiger charge is 2.21. The van der Waals surface area contributed by atoms with Gasteiger partial charge in [0.15, 0.2) is 0 Å². The molecule has 1 atom stereocenters. The quantitative estimate of drug-likeness (QED) is 0.821. The van der Waals surface area contributed by atoms with E-state index in [1.165, 1.54) is 37.9 Å². The van der Waals surface area contributed by atoms with Crippen LogP contribution < -0.4 is 5.32 Å². The van der Waals surface area contributed by atoms with E-state index in [9.17, 15) is 0 Å². The Morgan fingerprint density at radius 3 is 2.94 bits per heavy atom. The summed E-state index contributed by atoms with van der Waals surface area (Å²) in [6, 6.07) is 0.629. The van der Waals surface area contributed by atoms with Crippen molar-refractivity contribution in [3.8, 4) is 0 Å². The van der Waals surface area contributed by atoms with Gasteiger partial charge in [-0.15, -0.1) is 0 Å². The second kappa shape index (κ2) is 6.20. The minimum absolute atomic E-state index is 0.629. The Labute approximate surface area is 105 Å². The van der Waals surface area contributed by atoms with Gasteiger partial charge in [0, 0.05) is 25.0 Å². The van der Waals surface area contributed by atoms with Crippen LogP contribution in [-0.4, -0.2) is 15.6 Å². The van der Waals surface area contributed by atoms with E-state index in [0.717, 1.165) is 19.0 Å². The molecular formula is C14H25N3. The first-order chi connectivity index (χ1) is 8.31. The van der Waals surface area contributed by atoms with E-state index in [1.807, 2.05) is 6.20 Å². The summed E-state index contributed by atoms with van der Waals surface area (Å²) in [4.78, 5) is 4.43. The number of aromatic nitrogens is 2. The molecule has 0 amide bonds. The van der Waals surface area contributed by atoms with Crippen molar-refractivity contribution in [1.82, 2.24) is 14.9 Å². The maximum Gasteiger partial charge on any atom is 0.122 e. The summed E-state index contributed by atoms with van der Waals surface area (Å²) in [5.41, 5.74) is 0. The van der Waals surface area contributed by atoms with Gasteiger partial charge in [-0.25, -0.2) is 4.98 Å². The van der Waals surface area contributed by atoms with E-state index in [-0.39, 0.29) is 0 Å². The number of aryl methyl sites for hydroxylation is 1. The Morgan fingerprint density at radius 1 is 1.47 bits per heavy atom. The van der Waals surface area contributed by atoms with E-state index in [0.29, 0.717) is 6.04 Å².